The molecule has 20 heavy (non-hydrogen) atoms. The zero-order valence-corrected chi connectivity index (χ0v) is 11.3. The fourth-order valence-electron chi connectivity index (χ4n) is 1.40. The van der Waals surface area contributed by atoms with E-state index in [1.165, 1.54) is 6.07 Å². The van der Waals surface area contributed by atoms with Crippen LogP contribution in [-0.4, -0.2) is 9.97 Å². The molecule has 9 heteroatoms. The molecule has 0 fully saturated rings. The Labute approximate surface area is 119 Å². The molecule has 2 rings (SSSR count). The van der Waals surface area contributed by atoms with Crippen molar-refractivity contribution in [3.63, 3.8) is 0 Å². The van der Waals surface area contributed by atoms with Gasteiger partial charge in [0, 0.05) is 10.5 Å². The largest absolute Gasteiger partial charge is 0.433 e. The molecule has 0 aliphatic heterocycles. The lowest BCUT2D eigenvalue weighted by Crippen LogP contribution is -2.12. The summed E-state index contributed by atoms with van der Waals surface area (Å²) in [5.74, 6) is -1.14. The second-order valence-corrected chi connectivity index (χ2v) is 4.60. The monoisotopic (exact) mass is 350 g/mol. The van der Waals surface area contributed by atoms with E-state index in [1.54, 1.807) is 0 Å². The Morgan fingerprint density at radius 2 is 1.85 bits per heavy atom. The zero-order chi connectivity index (χ0) is 14.9. The minimum Gasteiger partial charge on any atom is -0.368 e. The van der Waals surface area contributed by atoms with E-state index < -0.39 is 23.6 Å². The number of benzene rings is 1. The van der Waals surface area contributed by atoms with E-state index in [9.17, 15) is 17.6 Å². The quantitative estimate of drug-likeness (QED) is 0.810. The van der Waals surface area contributed by atoms with Gasteiger partial charge in [-0.25, -0.2) is 9.37 Å². The van der Waals surface area contributed by atoms with Gasteiger partial charge in [0.15, 0.2) is 5.69 Å². The van der Waals surface area contributed by atoms with Crippen LogP contribution in [0.3, 0.4) is 0 Å². The number of halogens is 5. The molecule has 2 aromatic rings. The van der Waals surface area contributed by atoms with E-state index in [0.717, 1.165) is 12.1 Å². The SMILES string of the molecule is Nc1nc(Nc2ccc(F)cc2Br)cc(C(F)(F)F)n1. The molecule has 1 aromatic heterocycles. The first-order valence-electron chi connectivity index (χ1n) is 5.19. The van der Waals surface area contributed by atoms with Crippen molar-refractivity contribution >= 4 is 33.4 Å². The van der Waals surface area contributed by atoms with Crippen molar-refractivity contribution in [1.29, 1.82) is 0 Å². The van der Waals surface area contributed by atoms with Gasteiger partial charge in [0.05, 0.1) is 5.69 Å². The van der Waals surface area contributed by atoms with Gasteiger partial charge < -0.3 is 11.1 Å². The predicted molar refractivity (Wildman–Crippen MR) is 68.8 cm³/mol. The van der Waals surface area contributed by atoms with Crippen LogP contribution in [-0.2, 0) is 6.18 Å². The maximum Gasteiger partial charge on any atom is 0.433 e. The Hall–Kier alpha value is -1.90. The van der Waals surface area contributed by atoms with Crippen molar-refractivity contribution in [2.75, 3.05) is 11.1 Å². The Morgan fingerprint density at radius 3 is 2.45 bits per heavy atom. The van der Waals surface area contributed by atoms with Crippen molar-refractivity contribution in [1.82, 2.24) is 9.97 Å². The first kappa shape index (κ1) is 14.5. The number of rotatable bonds is 2. The highest BCUT2D eigenvalue weighted by molar-refractivity contribution is 9.10. The molecule has 0 saturated heterocycles. The number of hydrogen-bond acceptors (Lipinski definition) is 4. The summed E-state index contributed by atoms with van der Waals surface area (Å²) in [7, 11) is 0. The molecular formula is C11H7BrF4N4. The summed E-state index contributed by atoms with van der Waals surface area (Å²) < 4.78 is 51.0. The highest BCUT2D eigenvalue weighted by Crippen LogP contribution is 2.31. The average Bonchev–Trinajstić information content (AvgIpc) is 2.31. The third-order valence-electron chi connectivity index (χ3n) is 2.23. The number of aromatic nitrogens is 2. The van der Waals surface area contributed by atoms with Gasteiger partial charge in [0.25, 0.3) is 0 Å². The van der Waals surface area contributed by atoms with Crippen LogP contribution in [0.25, 0.3) is 0 Å². The molecule has 0 unspecified atom stereocenters. The van der Waals surface area contributed by atoms with E-state index in [-0.39, 0.29) is 5.82 Å². The summed E-state index contributed by atoms with van der Waals surface area (Å²) in [6.07, 6.45) is -4.63. The van der Waals surface area contributed by atoms with Crippen molar-refractivity contribution in [2.24, 2.45) is 0 Å². The molecule has 4 nitrogen and oxygen atoms in total. The standard InChI is InChI=1S/C11H7BrF4N4/c12-6-3-5(13)1-2-7(6)18-9-4-8(11(14,15)16)19-10(17)20-9/h1-4H,(H3,17,18,19,20). The Bertz CT molecular complexity index is 645. The highest BCUT2D eigenvalue weighted by atomic mass is 79.9. The molecule has 1 aromatic carbocycles. The fraction of sp³-hybridized carbons (Fsp3) is 0.0909. The van der Waals surface area contributed by atoms with E-state index >= 15 is 0 Å². The molecule has 0 amide bonds. The number of nitrogens with one attached hydrogen (secondary N) is 1. The normalized spacial score (nSPS) is 11.4. The van der Waals surface area contributed by atoms with Crippen molar-refractivity contribution in [3.8, 4) is 0 Å². The lowest BCUT2D eigenvalue weighted by atomic mass is 10.3. The average molecular weight is 351 g/mol. The van der Waals surface area contributed by atoms with Gasteiger partial charge in [0.2, 0.25) is 5.95 Å². The molecule has 1 heterocycles. The van der Waals surface area contributed by atoms with Crippen LogP contribution in [0.5, 0.6) is 0 Å². The van der Waals surface area contributed by atoms with Gasteiger partial charge in [-0.3, -0.25) is 0 Å². The van der Waals surface area contributed by atoms with Gasteiger partial charge in [-0.15, -0.1) is 0 Å². The van der Waals surface area contributed by atoms with Crippen LogP contribution in [0.4, 0.5) is 35.0 Å². The lowest BCUT2D eigenvalue weighted by Gasteiger charge is -2.11. The minimum absolute atomic E-state index is 0.142. The van der Waals surface area contributed by atoms with E-state index in [4.69, 9.17) is 5.73 Å². The Kier molecular flexibility index (Phi) is 3.80. The third kappa shape index (κ3) is 3.35. The molecule has 0 bridgehead atoms. The molecule has 0 aliphatic rings. The van der Waals surface area contributed by atoms with Crippen LogP contribution in [0, 0.1) is 5.82 Å². The van der Waals surface area contributed by atoms with Crippen LogP contribution >= 0.6 is 15.9 Å². The number of anilines is 3. The maximum absolute atomic E-state index is 12.9. The molecule has 0 radical (unpaired) electrons. The Morgan fingerprint density at radius 1 is 1.15 bits per heavy atom. The lowest BCUT2D eigenvalue weighted by molar-refractivity contribution is -0.141. The van der Waals surface area contributed by atoms with Gasteiger partial charge in [-0.2, -0.15) is 18.2 Å². The van der Waals surface area contributed by atoms with E-state index in [0.29, 0.717) is 16.2 Å². The van der Waals surface area contributed by atoms with E-state index in [1.807, 2.05) is 0 Å². The first-order chi connectivity index (χ1) is 9.25. The summed E-state index contributed by atoms with van der Waals surface area (Å²) >= 11 is 3.08. The minimum atomic E-state index is -4.63. The van der Waals surface area contributed by atoms with Gasteiger partial charge in [0.1, 0.15) is 11.6 Å². The summed E-state index contributed by atoms with van der Waals surface area (Å²) in [4.78, 5) is 6.76. The highest BCUT2D eigenvalue weighted by Gasteiger charge is 2.33. The van der Waals surface area contributed by atoms with Crippen LogP contribution < -0.4 is 11.1 Å². The van der Waals surface area contributed by atoms with E-state index in [2.05, 4.69) is 31.2 Å². The van der Waals surface area contributed by atoms with Crippen LogP contribution in [0.2, 0.25) is 0 Å². The first-order valence-corrected chi connectivity index (χ1v) is 5.99. The van der Waals surface area contributed by atoms with Gasteiger partial charge >= 0.3 is 6.18 Å². The molecule has 0 aliphatic carbocycles. The van der Waals surface area contributed by atoms with Gasteiger partial charge in [-0.1, -0.05) is 0 Å². The molecule has 106 valence electrons. The second kappa shape index (κ2) is 5.23. The molecule has 0 spiro atoms. The number of nitrogen functional groups attached to an aromatic ring is 1. The zero-order valence-electron chi connectivity index (χ0n) is 9.67. The topological polar surface area (TPSA) is 63.8 Å². The maximum atomic E-state index is 12.9. The fourth-order valence-corrected chi connectivity index (χ4v) is 1.85. The molecular weight excluding hydrogens is 344 g/mol. The number of hydrogen-bond donors (Lipinski definition) is 2. The van der Waals surface area contributed by atoms with Crippen molar-refractivity contribution in [2.45, 2.75) is 6.18 Å². The summed E-state index contributed by atoms with van der Waals surface area (Å²) in [5.41, 5.74) is 4.42. The molecule has 0 atom stereocenters. The van der Waals surface area contributed by atoms with Crippen LogP contribution in [0.15, 0.2) is 28.7 Å². The van der Waals surface area contributed by atoms with Crippen molar-refractivity contribution in [3.05, 3.63) is 40.2 Å². The number of alkyl halides is 3. The smallest absolute Gasteiger partial charge is 0.368 e. The van der Waals surface area contributed by atoms with Gasteiger partial charge in [-0.05, 0) is 34.1 Å². The Balaban J connectivity index is 2.36. The van der Waals surface area contributed by atoms with Crippen LogP contribution in [0.1, 0.15) is 5.69 Å². The second-order valence-electron chi connectivity index (χ2n) is 3.74. The predicted octanol–water partition coefficient (Wildman–Crippen LogP) is 3.72. The molecule has 3 N–H and O–H groups in total. The number of nitrogens with zero attached hydrogens (tertiary/aromatic N) is 2. The van der Waals surface area contributed by atoms with Crippen molar-refractivity contribution < 1.29 is 17.6 Å². The summed E-state index contributed by atoms with van der Waals surface area (Å²) in [6.45, 7) is 0. The summed E-state index contributed by atoms with van der Waals surface area (Å²) in [6, 6.07) is 4.39. The third-order valence-corrected chi connectivity index (χ3v) is 2.88. The summed E-state index contributed by atoms with van der Waals surface area (Å²) in [5, 5.41) is 2.61. The molecule has 0 saturated carbocycles. The number of nitrogens with two attached hydrogens (primary N) is 1.